The van der Waals surface area contributed by atoms with E-state index in [1.165, 1.54) is 27.8 Å². The Bertz CT molecular complexity index is 615. The van der Waals surface area contributed by atoms with Crippen LogP contribution in [0.2, 0.25) is 0 Å². The number of hydrogen-bond donors (Lipinski definition) is 1. The van der Waals surface area contributed by atoms with Crippen LogP contribution >= 0.6 is 0 Å². The first-order chi connectivity index (χ1) is 9.56. The van der Waals surface area contributed by atoms with Gasteiger partial charge in [-0.1, -0.05) is 48.0 Å². The van der Waals surface area contributed by atoms with Crippen molar-refractivity contribution >= 4 is 5.97 Å². The molecule has 0 aliphatic rings. The Morgan fingerprint density at radius 3 is 2.60 bits per heavy atom. The normalized spacial score (nSPS) is 10.5. The molecular formula is C18H20O2. The van der Waals surface area contributed by atoms with Crippen molar-refractivity contribution in [2.45, 2.75) is 33.1 Å². The van der Waals surface area contributed by atoms with Gasteiger partial charge < -0.3 is 5.11 Å². The second-order valence-electron chi connectivity index (χ2n) is 5.27. The molecule has 2 aromatic carbocycles. The summed E-state index contributed by atoms with van der Waals surface area (Å²) >= 11 is 0. The average molecular weight is 268 g/mol. The summed E-state index contributed by atoms with van der Waals surface area (Å²) in [6.45, 7) is 4.22. The standard InChI is InChI=1S/C18H20O2/c1-13-9-10-17(14(2)11-13)16-7-3-5-15(12-16)6-4-8-18(19)20/h3,5,7,9-12H,4,6,8H2,1-2H3,(H,19,20). The highest BCUT2D eigenvalue weighted by atomic mass is 16.4. The van der Waals surface area contributed by atoms with E-state index in [9.17, 15) is 4.79 Å². The van der Waals surface area contributed by atoms with Gasteiger partial charge in [-0.3, -0.25) is 4.79 Å². The highest BCUT2D eigenvalue weighted by molar-refractivity contribution is 5.68. The Kier molecular flexibility index (Phi) is 4.57. The van der Waals surface area contributed by atoms with Crippen molar-refractivity contribution in [2.24, 2.45) is 0 Å². The minimum atomic E-state index is -0.726. The van der Waals surface area contributed by atoms with Gasteiger partial charge in [0.15, 0.2) is 0 Å². The second kappa shape index (κ2) is 6.38. The SMILES string of the molecule is Cc1ccc(-c2cccc(CCCC(=O)O)c2)c(C)c1. The summed E-state index contributed by atoms with van der Waals surface area (Å²) in [5.74, 6) is -0.726. The van der Waals surface area contributed by atoms with Crippen molar-refractivity contribution < 1.29 is 9.90 Å². The fourth-order valence-electron chi connectivity index (χ4n) is 2.48. The lowest BCUT2D eigenvalue weighted by atomic mass is 9.96. The zero-order chi connectivity index (χ0) is 14.5. The van der Waals surface area contributed by atoms with Gasteiger partial charge >= 0.3 is 5.97 Å². The van der Waals surface area contributed by atoms with Crippen LogP contribution in [0.1, 0.15) is 29.5 Å². The molecule has 0 bridgehead atoms. The van der Waals surface area contributed by atoms with E-state index >= 15 is 0 Å². The summed E-state index contributed by atoms with van der Waals surface area (Å²) in [6, 6.07) is 14.9. The number of hydrogen-bond acceptors (Lipinski definition) is 1. The third-order valence-electron chi connectivity index (χ3n) is 3.48. The van der Waals surface area contributed by atoms with Gasteiger partial charge in [0.2, 0.25) is 0 Å². The van der Waals surface area contributed by atoms with Crippen molar-refractivity contribution in [3.05, 3.63) is 59.2 Å². The van der Waals surface area contributed by atoms with Gasteiger partial charge in [0.25, 0.3) is 0 Å². The third-order valence-corrected chi connectivity index (χ3v) is 3.48. The molecule has 2 nitrogen and oxygen atoms in total. The van der Waals surface area contributed by atoms with E-state index < -0.39 is 5.97 Å². The number of aryl methyl sites for hydroxylation is 3. The van der Waals surface area contributed by atoms with Crippen molar-refractivity contribution in [1.82, 2.24) is 0 Å². The lowest BCUT2D eigenvalue weighted by molar-refractivity contribution is -0.137. The smallest absolute Gasteiger partial charge is 0.303 e. The molecule has 104 valence electrons. The minimum Gasteiger partial charge on any atom is -0.481 e. The second-order valence-corrected chi connectivity index (χ2v) is 5.27. The van der Waals surface area contributed by atoms with Crippen molar-refractivity contribution in [2.75, 3.05) is 0 Å². The molecule has 0 radical (unpaired) electrons. The third kappa shape index (κ3) is 3.70. The molecule has 20 heavy (non-hydrogen) atoms. The van der Waals surface area contributed by atoms with Crippen LogP contribution in [0.15, 0.2) is 42.5 Å². The van der Waals surface area contributed by atoms with Gasteiger partial charge in [-0.15, -0.1) is 0 Å². The molecule has 0 spiro atoms. The van der Waals surface area contributed by atoms with Gasteiger partial charge in [0.05, 0.1) is 0 Å². The number of carbonyl (C=O) groups is 1. The zero-order valence-electron chi connectivity index (χ0n) is 12.0. The summed E-state index contributed by atoms with van der Waals surface area (Å²) in [6.07, 6.45) is 1.73. The molecule has 0 fully saturated rings. The molecule has 2 rings (SSSR count). The lowest BCUT2D eigenvalue weighted by Crippen LogP contribution is -1.96. The summed E-state index contributed by atoms with van der Waals surface area (Å²) in [5.41, 5.74) is 6.19. The first kappa shape index (κ1) is 14.3. The van der Waals surface area contributed by atoms with Crippen LogP contribution in [0.5, 0.6) is 0 Å². The van der Waals surface area contributed by atoms with Crippen LogP contribution in [0.4, 0.5) is 0 Å². The Morgan fingerprint density at radius 1 is 1.10 bits per heavy atom. The maximum atomic E-state index is 10.6. The Morgan fingerprint density at radius 2 is 1.90 bits per heavy atom. The van der Waals surface area contributed by atoms with Crippen molar-refractivity contribution in [3.63, 3.8) is 0 Å². The van der Waals surface area contributed by atoms with E-state index in [-0.39, 0.29) is 6.42 Å². The molecule has 2 aromatic rings. The van der Waals surface area contributed by atoms with Crippen molar-refractivity contribution in [1.29, 1.82) is 0 Å². The van der Waals surface area contributed by atoms with Crippen LogP contribution in [0, 0.1) is 13.8 Å². The van der Waals surface area contributed by atoms with Crippen LogP contribution in [-0.4, -0.2) is 11.1 Å². The molecule has 0 saturated heterocycles. The minimum absolute atomic E-state index is 0.230. The van der Waals surface area contributed by atoms with Gasteiger partial charge in [-0.25, -0.2) is 0 Å². The number of carboxylic acid groups (broad SMARTS) is 1. The molecule has 0 aromatic heterocycles. The maximum Gasteiger partial charge on any atom is 0.303 e. The van der Waals surface area contributed by atoms with E-state index in [0.717, 1.165) is 6.42 Å². The van der Waals surface area contributed by atoms with E-state index in [1.807, 2.05) is 6.07 Å². The molecular weight excluding hydrogens is 248 g/mol. The average Bonchev–Trinajstić information content (AvgIpc) is 2.38. The van der Waals surface area contributed by atoms with E-state index in [4.69, 9.17) is 5.11 Å². The van der Waals surface area contributed by atoms with Crippen LogP contribution < -0.4 is 0 Å². The predicted octanol–water partition coefficient (Wildman–Crippen LogP) is 4.38. The monoisotopic (exact) mass is 268 g/mol. The molecule has 0 aliphatic heterocycles. The molecule has 1 N–H and O–H groups in total. The van der Waals surface area contributed by atoms with Gasteiger partial charge in [0, 0.05) is 6.42 Å². The maximum absolute atomic E-state index is 10.6. The molecule has 0 aliphatic carbocycles. The molecule has 0 amide bonds. The fraction of sp³-hybridized carbons (Fsp3) is 0.278. The summed E-state index contributed by atoms with van der Waals surface area (Å²) in [5, 5.41) is 8.69. The van der Waals surface area contributed by atoms with Gasteiger partial charge in [-0.05, 0) is 48.9 Å². The predicted molar refractivity (Wildman–Crippen MR) is 81.9 cm³/mol. The van der Waals surface area contributed by atoms with Crippen molar-refractivity contribution in [3.8, 4) is 11.1 Å². The topological polar surface area (TPSA) is 37.3 Å². The summed E-state index contributed by atoms with van der Waals surface area (Å²) in [4.78, 5) is 10.6. The number of carboxylic acids is 1. The molecule has 0 heterocycles. The Balaban J connectivity index is 2.18. The Hall–Kier alpha value is -2.09. The highest BCUT2D eigenvalue weighted by Crippen LogP contribution is 2.25. The first-order valence-electron chi connectivity index (χ1n) is 6.94. The number of benzene rings is 2. The highest BCUT2D eigenvalue weighted by Gasteiger charge is 2.04. The quantitative estimate of drug-likeness (QED) is 0.873. The van der Waals surface area contributed by atoms with E-state index in [1.54, 1.807) is 0 Å². The number of aliphatic carboxylic acids is 1. The lowest BCUT2D eigenvalue weighted by Gasteiger charge is -2.09. The summed E-state index contributed by atoms with van der Waals surface area (Å²) < 4.78 is 0. The first-order valence-corrected chi connectivity index (χ1v) is 6.94. The molecule has 0 saturated carbocycles. The van der Waals surface area contributed by atoms with Crippen LogP contribution in [-0.2, 0) is 11.2 Å². The largest absolute Gasteiger partial charge is 0.481 e. The molecule has 0 unspecified atom stereocenters. The summed E-state index contributed by atoms with van der Waals surface area (Å²) in [7, 11) is 0. The van der Waals surface area contributed by atoms with Crippen LogP contribution in [0.25, 0.3) is 11.1 Å². The van der Waals surface area contributed by atoms with Gasteiger partial charge in [0.1, 0.15) is 0 Å². The molecule has 2 heteroatoms. The molecule has 0 atom stereocenters. The van der Waals surface area contributed by atoms with E-state index in [2.05, 4.69) is 50.2 Å². The van der Waals surface area contributed by atoms with Gasteiger partial charge in [-0.2, -0.15) is 0 Å². The number of rotatable bonds is 5. The van der Waals surface area contributed by atoms with Crippen LogP contribution in [0.3, 0.4) is 0 Å². The fourth-order valence-corrected chi connectivity index (χ4v) is 2.48. The Labute approximate surface area is 120 Å². The zero-order valence-corrected chi connectivity index (χ0v) is 12.0. The van der Waals surface area contributed by atoms with E-state index in [0.29, 0.717) is 6.42 Å².